The SMILES string of the molecule is CCc1cc(CNC2CC2)cc(Oc2ccccc2C)n1. The lowest BCUT2D eigenvalue weighted by Gasteiger charge is -2.11. The van der Waals surface area contributed by atoms with E-state index in [2.05, 4.69) is 36.3 Å². The third-order valence-corrected chi connectivity index (χ3v) is 3.76. The second-order valence-electron chi connectivity index (χ2n) is 5.68. The van der Waals surface area contributed by atoms with Crippen LogP contribution >= 0.6 is 0 Å². The van der Waals surface area contributed by atoms with Gasteiger partial charge in [-0.15, -0.1) is 0 Å². The van der Waals surface area contributed by atoms with Crippen LogP contribution in [-0.2, 0) is 13.0 Å². The number of hydrogen-bond acceptors (Lipinski definition) is 3. The summed E-state index contributed by atoms with van der Waals surface area (Å²) < 4.78 is 5.98. The molecule has 2 aromatic rings. The number of benzene rings is 1. The number of aromatic nitrogens is 1. The van der Waals surface area contributed by atoms with Gasteiger partial charge < -0.3 is 10.1 Å². The van der Waals surface area contributed by atoms with Crippen molar-refractivity contribution in [3.05, 3.63) is 53.2 Å². The molecule has 0 atom stereocenters. The van der Waals surface area contributed by atoms with Gasteiger partial charge in [-0.3, -0.25) is 0 Å². The summed E-state index contributed by atoms with van der Waals surface area (Å²) in [6, 6.07) is 13.0. The quantitative estimate of drug-likeness (QED) is 0.869. The van der Waals surface area contributed by atoms with Gasteiger partial charge in [-0.1, -0.05) is 25.1 Å². The Balaban J connectivity index is 1.79. The molecule has 1 aromatic heterocycles. The van der Waals surface area contributed by atoms with Crippen molar-refractivity contribution in [2.45, 2.75) is 45.7 Å². The number of nitrogens with one attached hydrogen (secondary N) is 1. The predicted octanol–water partition coefficient (Wildman–Crippen LogP) is 4.00. The molecule has 3 heteroatoms. The van der Waals surface area contributed by atoms with Gasteiger partial charge in [0.25, 0.3) is 0 Å². The summed E-state index contributed by atoms with van der Waals surface area (Å²) >= 11 is 0. The molecule has 1 N–H and O–H groups in total. The highest BCUT2D eigenvalue weighted by Gasteiger charge is 2.20. The molecule has 3 nitrogen and oxygen atoms in total. The molecule has 0 bridgehead atoms. The first-order valence-electron chi connectivity index (χ1n) is 7.71. The van der Waals surface area contributed by atoms with Crippen molar-refractivity contribution in [2.24, 2.45) is 0 Å². The summed E-state index contributed by atoms with van der Waals surface area (Å²) in [7, 11) is 0. The Bertz CT molecular complexity index is 620. The lowest BCUT2D eigenvalue weighted by molar-refractivity contribution is 0.456. The molecule has 3 rings (SSSR count). The number of ether oxygens (including phenoxy) is 1. The van der Waals surface area contributed by atoms with Crippen LogP contribution < -0.4 is 10.1 Å². The van der Waals surface area contributed by atoms with Crippen LogP contribution in [0.2, 0.25) is 0 Å². The monoisotopic (exact) mass is 282 g/mol. The van der Waals surface area contributed by atoms with Crippen LogP contribution in [0.5, 0.6) is 11.6 Å². The van der Waals surface area contributed by atoms with Crippen LogP contribution in [0.3, 0.4) is 0 Å². The maximum Gasteiger partial charge on any atom is 0.219 e. The molecule has 0 unspecified atom stereocenters. The summed E-state index contributed by atoms with van der Waals surface area (Å²) in [6.45, 7) is 5.07. The van der Waals surface area contributed by atoms with Crippen molar-refractivity contribution < 1.29 is 4.74 Å². The molecule has 1 aliphatic carbocycles. The van der Waals surface area contributed by atoms with Gasteiger partial charge in [-0.2, -0.15) is 0 Å². The number of pyridine rings is 1. The number of hydrogen-bond donors (Lipinski definition) is 1. The molecule has 0 aliphatic heterocycles. The summed E-state index contributed by atoms with van der Waals surface area (Å²) in [5, 5.41) is 3.54. The molecule has 1 aromatic carbocycles. The van der Waals surface area contributed by atoms with E-state index in [0.717, 1.165) is 30.0 Å². The average Bonchev–Trinajstić information content (AvgIpc) is 3.31. The van der Waals surface area contributed by atoms with Gasteiger partial charge >= 0.3 is 0 Å². The van der Waals surface area contributed by atoms with E-state index in [9.17, 15) is 0 Å². The molecular weight excluding hydrogens is 260 g/mol. The predicted molar refractivity (Wildman–Crippen MR) is 84.7 cm³/mol. The molecule has 21 heavy (non-hydrogen) atoms. The fourth-order valence-electron chi connectivity index (χ4n) is 2.29. The van der Waals surface area contributed by atoms with Crippen LogP contribution in [0, 0.1) is 6.92 Å². The first-order chi connectivity index (χ1) is 10.2. The maximum absolute atomic E-state index is 5.98. The minimum absolute atomic E-state index is 0.691. The number of rotatable bonds is 6. The van der Waals surface area contributed by atoms with E-state index in [1.54, 1.807) is 0 Å². The standard InChI is InChI=1S/C18H22N2O/c1-3-15-10-14(12-19-16-8-9-16)11-18(20-15)21-17-7-5-4-6-13(17)2/h4-7,10-11,16,19H,3,8-9,12H2,1-2H3. The first kappa shape index (κ1) is 14.1. The van der Waals surface area contributed by atoms with Crippen LogP contribution in [0.25, 0.3) is 0 Å². The first-order valence-corrected chi connectivity index (χ1v) is 7.71. The Kier molecular flexibility index (Phi) is 4.20. The summed E-state index contributed by atoms with van der Waals surface area (Å²) in [5.41, 5.74) is 3.45. The highest BCUT2D eigenvalue weighted by molar-refractivity contribution is 5.36. The Morgan fingerprint density at radius 1 is 1.24 bits per heavy atom. The molecule has 1 aliphatic rings. The molecule has 1 heterocycles. The van der Waals surface area contributed by atoms with Gasteiger partial charge in [-0.05, 0) is 49.4 Å². The molecule has 0 saturated heterocycles. The van der Waals surface area contributed by atoms with Gasteiger partial charge in [0.05, 0.1) is 0 Å². The van der Waals surface area contributed by atoms with Crippen molar-refractivity contribution >= 4 is 0 Å². The minimum atomic E-state index is 0.691. The zero-order chi connectivity index (χ0) is 14.7. The maximum atomic E-state index is 5.98. The Morgan fingerprint density at radius 3 is 2.76 bits per heavy atom. The van der Waals surface area contributed by atoms with E-state index in [0.29, 0.717) is 11.9 Å². The van der Waals surface area contributed by atoms with E-state index >= 15 is 0 Å². The van der Waals surface area contributed by atoms with Crippen LogP contribution in [0.1, 0.15) is 36.6 Å². The van der Waals surface area contributed by atoms with E-state index < -0.39 is 0 Å². The lowest BCUT2D eigenvalue weighted by Crippen LogP contribution is -2.15. The topological polar surface area (TPSA) is 34.1 Å². The Hall–Kier alpha value is -1.87. The second kappa shape index (κ2) is 6.27. The van der Waals surface area contributed by atoms with Gasteiger partial charge in [0, 0.05) is 24.3 Å². The second-order valence-corrected chi connectivity index (χ2v) is 5.68. The number of nitrogens with zero attached hydrogens (tertiary/aromatic N) is 1. The normalized spacial score (nSPS) is 14.2. The summed E-state index contributed by atoms with van der Waals surface area (Å²) in [6.07, 6.45) is 3.53. The summed E-state index contributed by atoms with van der Waals surface area (Å²) in [4.78, 5) is 4.58. The van der Waals surface area contributed by atoms with Crippen LogP contribution in [0.4, 0.5) is 0 Å². The third kappa shape index (κ3) is 3.82. The Morgan fingerprint density at radius 2 is 2.05 bits per heavy atom. The molecule has 0 radical (unpaired) electrons. The zero-order valence-corrected chi connectivity index (χ0v) is 12.7. The molecule has 0 amide bonds. The number of aryl methyl sites for hydroxylation is 2. The molecule has 1 saturated carbocycles. The fraction of sp³-hybridized carbons (Fsp3) is 0.389. The number of para-hydroxylation sites is 1. The van der Waals surface area contributed by atoms with E-state index in [4.69, 9.17) is 4.74 Å². The van der Waals surface area contributed by atoms with Gasteiger partial charge in [0.1, 0.15) is 5.75 Å². The van der Waals surface area contributed by atoms with Crippen molar-refractivity contribution in [3.63, 3.8) is 0 Å². The van der Waals surface area contributed by atoms with Crippen molar-refractivity contribution in [1.29, 1.82) is 0 Å². The van der Waals surface area contributed by atoms with E-state index in [-0.39, 0.29) is 0 Å². The highest BCUT2D eigenvalue weighted by Crippen LogP contribution is 2.25. The minimum Gasteiger partial charge on any atom is -0.439 e. The smallest absolute Gasteiger partial charge is 0.219 e. The largest absolute Gasteiger partial charge is 0.439 e. The van der Waals surface area contributed by atoms with Gasteiger partial charge in [0.15, 0.2) is 0 Å². The van der Waals surface area contributed by atoms with Crippen molar-refractivity contribution in [3.8, 4) is 11.6 Å². The Labute approximate surface area is 126 Å². The van der Waals surface area contributed by atoms with Crippen LogP contribution in [0.15, 0.2) is 36.4 Å². The lowest BCUT2D eigenvalue weighted by atomic mass is 10.2. The fourth-order valence-corrected chi connectivity index (χ4v) is 2.29. The van der Waals surface area contributed by atoms with Crippen molar-refractivity contribution in [1.82, 2.24) is 10.3 Å². The van der Waals surface area contributed by atoms with E-state index in [1.165, 1.54) is 18.4 Å². The third-order valence-electron chi connectivity index (χ3n) is 3.76. The molecule has 110 valence electrons. The zero-order valence-electron chi connectivity index (χ0n) is 12.7. The highest BCUT2D eigenvalue weighted by atomic mass is 16.5. The van der Waals surface area contributed by atoms with Crippen molar-refractivity contribution in [2.75, 3.05) is 0 Å². The summed E-state index contributed by atoms with van der Waals surface area (Å²) in [5.74, 6) is 1.57. The van der Waals surface area contributed by atoms with Gasteiger partial charge in [0.2, 0.25) is 5.88 Å². The van der Waals surface area contributed by atoms with E-state index in [1.807, 2.05) is 24.3 Å². The molecule has 1 fully saturated rings. The average molecular weight is 282 g/mol. The molecular formula is C18H22N2O. The molecule has 0 spiro atoms. The van der Waals surface area contributed by atoms with Crippen LogP contribution in [-0.4, -0.2) is 11.0 Å². The van der Waals surface area contributed by atoms with Gasteiger partial charge in [-0.25, -0.2) is 4.98 Å².